The van der Waals surface area contributed by atoms with E-state index in [0.29, 0.717) is 6.04 Å². The summed E-state index contributed by atoms with van der Waals surface area (Å²) in [6.07, 6.45) is 3.81. The van der Waals surface area contributed by atoms with Crippen LogP contribution in [0.2, 0.25) is 5.02 Å². The van der Waals surface area contributed by atoms with Crippen molar-refractivity contribution in [1.29, 1.82) is 0 Å². The number of benzene rings is 1. The molecule has 0 saturated carbocycles. The van der Waals surface area contributed by atoms with Gasteiger partial charge < -0.3 is 0 Å². The summed E-state index contributed by atoms with van der Waals surface area (Å²) >= 11 is 9.48. The largest absolute Gasteiger partial charge is 0.300 e. The normalized spacial score (nSPS) is 13.0. The third-order valence-corrected chi connectivity index (χ3v) is 3.93. The maximum Gasteiger partial charge on any atom is 0.0409 e. The summed E-state index contributed by atoms with van der Waals surface area (Å²) in [6, 6.07) is 8.57. The summed E-state index contributed by atoms with van der Waals surface area (Å²) in [4.78, 5) is 2.39. The zero-order chi connectivity index (χ0) is 12.7. The Hall–Kier alpha value is -0.0500. The third-order valence-electron chi connectivity index (χ3n) is 3.14. The number of hydrogen-bond acceptors (Lipinski definition) is 1. The topological polar surface area (TPSA) is 3.24 Å². The molecule has 1 nitrogen and oxygen atoms in total. The lowest BCUT2D eigenvalue weighted by Crippen LogP contribution is -2.23. The van der Waals surface area contributed by atoms with Gasteiger partial charge in [-0.1, -0.05) is 46.1 Å². The molecule has 1 rings (SSSR count). The van der Waals surface area contributed by atoms with Crippen LogP contribution < -0.4 is 0 Å². The van der Waals surface area contributed by atoms with Crippen LogP contribution in [0.5, 0.6) is 0 Å². The van der Waals surface area contributed by atoms with Gasteiger partial charge in [0, 0.05) is 16.4 Å². The fourth-order valence-electron chi connectivity index (χ4n) is 1.85. The van der Waals surface area contributed by atoms with Crippen molar-refractivity contribution in [3.63, 3.8) is 0 Å². The van der Waals surface area contributed by atoms with Crippen LogP contribution in [0.1, 0.15) is 37.8 Å². The maximum atomic E-state index is 6.02. The predicted octanol–water partition coefficient (Wildman–Crippen LogP) is 4.90. The van der Waals surface area contributed by atoms with Gasteiger partial charge in [-0.25, -0.2) is 0 Å². The van der Waals surface area contributed by atoms with Crippen molar-refractivity contribution in [1.82, 2.24) is 4.90 Å². The fourth-order valence-corrected chi connectivity index (χ4v) is 2.44. The number of alkyl halides is 1. The summed E-state index contributed by atoms with van der Waals surface area (Å²) < 4.78 is 0. The van der Waals surface area contributed by atoms with E-state index in [2.05, 4.69) is 46.9 Å². The molecule has 1 unspecified atom stereocenters. The Kier molecular flexibility index (Phi) is 7.17. The first-order valence-electron chi connectivity index (χ1n) is 6.17. The van der Waals surface area contributed by atoms with E-state index in [1.165, 1.54) is 24.8 Å². The second-order valence-corrected chi connectivity index (χ2v) is 5.69. The minimum Gasteiger partial charge on any atom is -0.300 e. The monoisotopic (exact) mass is 317 g/mol. The highest BCUT2D eigenvalue weighted by Gasteiger charge is 2.11. The molecule has 0 aliphatic heterocycles. The molecular weight excluding hydrogens is 298 g/mol. The molecule has 0 N–H and O–H groups in total. The molecule has 0 aliphatic rings. The van der Waals surface area contributed by atoms with Crippen molar-refractivity contribution in [2.75, 3.05) is 18.9 Å². The van der Waals surface area contributed by atoms with Crippen molar-refractivity contribution < 1.29 is 0 Å². The van der Waals surface area contributed by atoms with E-state index in [0.717, 1.165) is 16.9 Å². The Labute approximate surface area is 118 Å². The van der Waals surface area contributed by atoms with Gasteiger partial charge in [-0.15, -0.1) is 0 Å². The van der Waals surface area contributed by atoms with E-state index >= 15 is 0 Å². The lowest BCUT2D eigenvalue weighted by molar-refractivity contribution is 0.256. The molecule has 0 saturated heterocycles. The second-order valence-electron chi connectivity index (χ2n) is 4.46. The molecule has 0 heterocycles. The molecule has 0 bridgehead atoms. The predicted molar refractivity (Wildman–Crippen MR) is 80.1 cm³/mol. The SMILES string of the molecule is CC(c1cccc(Cl)c1)N(C)CCCCCBr. The summed E-state index contributed by atoms with van der Waals surface area (Å²) in [5, 5.41) is 1.93. The summed E-state index contributed by atoms with van der Waals surface area (Å²) in [5.41, 5.74) is 1.29. The first-order chi connectivity index (χ1) is 8.15. The average molecular weight is 319 g/mol. The van der Waals surface area contributed by atoms with Crippen LogP contribution >= 0.6 is 27.5 Å². The molecule has 0 radical (unpaired) electrons. The molecule has 1 aromatic rings. The van der Waals surface area contributed by atoms with Crippen molar-refractivity contribution in [3.05, 3.63) is 34.9 Å². The van der Waals surface area contributed by atoms with Crippen LogP contribution in [0.25, 0.3) is 0 Å². The zero-order valence-corrected chi connectivity index (χ0v) is 13.0. The lowest BCUT2D eigenvalue weighted by Gasteiger charge is -2.25. The van der Waals surface area contributed by atoms with E-state index < -0.39 is 0 Å². The van der Waals surface area contributed by atoms with Crippen molar-refractivity contribution in [2.24, 2.45) is 0 Å². The van der Waals surface area contributed by atoms with Crippen LogP contribution in [-0.2, 0) is 0 Å². The highest BCUT2D eigenvalue weighted by Crippen LogP contribution is 2.22. The van der Waals surface area contributed by atoms with Gasteiger partial charge in [0.1, 0.15) is 0 Å². The molecular formula is C14H21BrClN. The molecule has 1 atom stereocenters. The smallest absolute Gasteiger partial charge is 0.0409 e. The van der Waals surface area contributed by atoms with Gasteiger partial charge in [-0.2, -0.15) is 0 Å². The van der Waals surface area contributed by atoms with Crippen LogP contribution in [0, 0.1) is 0 Å². The van der Waals surface area contributed by atoms with Crippen molar-refractivity contribution in [3.8, 4) is 0 Å². The minimum absolute atomic E-state index is 0.428. The van der Waals surface area contributed by atoms with Gasteiger partial charge in [0.25, 0.3) is 0 Å². The molecule has 0 aromatic heterocycles. The average Bonchev–Trinajstić information content (AvgIpc) is 2.33. The molecule has 0 spiro atoms. The molecule has 17 heavy (non-hydrogen) atoms. The van der Waals surface area contributed by atoms with Crippen LogP contribution in [0.3, 0.4) is 0 Å². The Bertz CT molecular complexity index is 330. The Morgan fingerprint density at radius 2 is 2.06 bits per heavy atom. The summed E-state index contributed by atoms with van der Waals surface area (Å²) in [7, 11) is 2.18. The highest BCUT2D eigenvalue weighted by atomic mass is 79.9. The van der Waals surface area contributed by atoms with Gasteiger partial charge in [0.15, 0.2) is 0 Å². The van der Waals surface area contributed by atoms with Gasteiger partial charge >= 0.3 is 0 Å². The minimum atomic E-state index is 0.428. The van der Waals surface area contributed by atoms with E-state index in [1.807, 2.05) is 12.1 Å². The van der Waals surface area contributed by atoms with Gasteiger partial charge in [0.2, 0.25) is 0 Å². The number of nitrogens with zero attached hydrogens (tertiary/aromatic N) is 1. The van der Waals surface area contributed by atoms with Crippen LogP contribution in [-0.4, -0.2) is 23.8 Å². The first-order valence-corrected chi connectivity index (χ1v) is 7.66. The maximum absolute atomic E-state index is 6.02. The summed E-state index contributed by atoms with van der Waals surface area (Å²) in [5.74, 6) is 0. The Morgan fingerprint density at radius 3 is 2.71 bits per heavy atom. The van der Waals surface area contributed by atoms with E-state index in [1.54, 1.807) is 0 Å². The number of rotatable bonds is 7. The number of hydrogen-bond donors (Lipinski definition) is 0. The van der Waals surface area contributed by atoms with Crippen molar-refractivity contribution >= 4 is 27.5 Å². The molecule has 0 fully saturated rings. The quantitative estimate of drug-likeness (QED) is 0.510. The summed E-state index contributed by atoms with van der Waals surface area (Å²) in [6.45, 7) is 3.37. The van der Waals surface area contributed by atoms with Gasteiger partial charge in [-0.3, -0.25) is 4.90 Å². The highest BCUT2D eigenvalue weighted by molar-refractivity contribution is 9.09. The molecule has 96 valence electrons. The third kappa shape index (κ3) is 5.41. The fraction of sp³-hybridized carbons (Fsp3) is 0.571. The van der Waals surface area contributed by atoms with Crippen LogP contribution in [0.15, 0.2) is 24.3 Å². The number of halogens is 2. The second kappa shape index (κ2) is 8.12. The van der Waals surface area contributed by atoms with Gasteiger partial charge in [0.05, 0.1) is 0 Å². The number of unbranched alkanes of at least 4 members (excludes halogenated alkanes) is 2. The standard InChI is InChI=1S/C14H21BrClN/c1-12(13-7-6-8-14(16)11-13)17(2)10-5-3-4-9-15/h6-8,11-12H,3-5,9-10H2,1-2H3. The molecule has 0 aliphatic carbocycles. The van der Waals surface area contributed by atoms with E-state index in [4.69, 9.17) is 11.6 Å². The Balaban J connectivity index is 2.43. The lowest BCUT2D eigenvalue weighted by atomic mass is 10.1. The molecule has 3 heteroatoms. The molecule has 1 aromatic carbocycles. The molecule has 0 amide bonds. The van der Waals surface area contributed by atoms with Gasteiger partial charge in [-0.05, 0) is 51.1 Å². The first kappa shape index (κ1) is 15.0. The van der Waals surface area contributed by atoms with E-state index in [9.17, 15) is 0 Å². The van der Waals surface area contributed by atoms with E-state index in [-0.39, 0.29) is 0 Å². The zero-order valence-electron chi connectivity index (χ0n) is 10.6. The van der Waals surface area contributed by atoms with Crippen LogP contribution in [0.4, 0.5) is 0 Å². The van der Waals surface area contributed by atoms with Crippen molar-refractivity contribution in [2.45, 2.75) is 32.2 Å². The Morgan fingerprint density at radius 1 is 1.29 bits per heavy atom.